The summed E-state index contributed by atoms with van der Waals surface area (Å²) in [6, 6.07) is 7.71. The number of halogens is 2. The monoisotopic (exact) mass is 607 g/mol. The maximum atomic E-state index is 12.0. The van der Waals surface area contributed by atoms with Gasteiger partial charge in [0.15, 0.2) is 5.17 Å². The fourth-order valence-corrected chi connectivity index (χ4v) is 4.76. The first-order valence-corrected chi connectivity index (χ1v) is 10.3. The molecule has 1 heterocycles. The second-order valence-electron chi connectivity index (χ2n) is 5.28. The number of amides is 1. The molecule has 1 aliphatic rings. The molecule has 7 nitrogen and oxygen atoms in total. The van der Waals surface area contributed by atoms with Crippen LogP contribution in [0.1, 0.15) is 11.1 Å². The number of hydrogen-bond acceptors (Lipinski definition) is 7. The topological polar surface area (TPSA) is 115 Å². The summed E-state index contributed by atoms with van der Waals surface area (Å²) in [7, 11) is 0. The van der Waals surface area contributed by atoms with E-state index in [9.17, 15) is 20.1 Å². The SMILES string of the molecule is O=C1NC(=NN=Cc2cc(I)cc(I)c2O)S/C1=C\c1ccc(O)cc1O. The Morgan fingerprint density at radius 1 is 1.07 bits per heavy atom. The van der Waals surface area contributed by atoms with Crippen molar-refractivity contribution in [2.75, 3.05) is 0 Å². The Hall–Kier alpha value is -1.80. The van der Waals surface area contributed by atoms with Crippen molar-refractivity contribution >= 4 is 80.3 Å². The van der Waals surface area contributed by atoms with Crippen LogP contribution in [0.15, 0.2) is 45.4 Å². The first kappa shape index (κ1) is 19.9. The van der Waals surface area contributed by atoms with E-state index >= 15 is 0 Å². The molecule has 0 unspecified atom stereocenters. The number of phenolic OH excluding ortho intramolecular Hbond substituents is 3. The van der Waals surface area contributed by atoms with E-state index < -0.39 is 0 Å². The van der Waals surface area contributed by atoms with Gasteiger partial charge >= 0.3 is 0 Å². The van der Waals surface area contributed by atoms with E-state index in [4.69, 9.17) is 0 Å². The van der Waals surface area contributed by atoms with Crippen LogP contribution in [0.5, 0.6) is 17.2 Å². The molecule has 2 aromatic carbocycles. The molecule has 138 valence electrons. The zero-order valence-corrected chi connectivity index (χ0v) is 18.5. The summed E-state index contributed by atoms with van der Waals surface area (Å²) in [6.07, 6.45) is 2.90. The van der Waals surface area contributed by atoms with Crippen molar-refractivity contribution in [1.82, 2.24) is 5.32 Å². The van der Waals surface area contributed by atoms with Gasteiger partial charge in [-0.25, -0.2) is 0 Å². The normalized spacial score (nSPS) is 17.2. The predicted molar refractivity (Wildman–Crippen MR) is 122 cm³/mol. The highest BCUT2D eigenvalue weighted by atomic mass is 127. The molecule has 1 saturated heterocycles. The lowest BCUT2D eigenvalue weighted by Crippen LogP contribution is -2.19. The fourth-order valence-electron chi connectivity index (χ4n) is 2.10. The number of aromatic hydroxyl groups is 3. The van der Waals surface area contributed by atoms with E-state index in [0.29, 0.717) is 19.6 Å². The van der Waals surface area contributed by atoms with Gasteiger partial charge in [0, 0.05) is 20.8 Å². The first-order valence-electron chi connectivity index (χ1n) is 7.35. The minimum absolute atomic E-state index is 0.0664. The Balaban J connectivity index is 1.78. The zero-order valence-electron chi connectivity index (χ0n) is 13.3. The summed E-state index contributed by atoms with van der Waals surface area (Å²) in [5, 5.41) is 39.9. The Labute approximate surface area is 185 Å². The van der Waals surface area contributed by atoms with Gasteiger partial charge in [0.1, 0.15) is 17.2 Å². The van der Waals surface area contributed by atoms with Gasteiger partial charge in [0.05, 0.1) is 14.7 Å². The van der Waals surface area contributed by atoms with E-state index in [0.717, 1.165) is 15.3 Å². The Morgan fingerprint density at radius 2 is 1.85 bits per heavy atom. The predicted octanol–water partition coefficient (Wildman–Crippen LogP) is 3.61. The van der Waals surface area contributed by atoms with Gasteiger partial charge in [-0.05, 0) is 87.3 Å². The van der Waals surface area contributed by atoms with Crippen molar-refractivity contribution in [2.45, 2.75) is 0 Å². The molecule has 0 radical (unpaired) electrons. The van der Waals surface area contributed by atoms with Crippen LogP contribution in [-0.2, 0) is 4.79 Å². The molecular weight excluding hydrogens is 596 g/mol. The number of benzene rings is 2. The van der Waals surface area contributed by atoms with E-state index in [2.05, 4.69) is 38.1 Å². The second kappa shape index (κ2) is 8.48. The number of carbonyl (C=O) groups excluding carboxylic acids is 1. The number of thioether (sulfide) groups is 1. The zero-order chi connectivity index (χ0) is 19.6. The minimum Gasteiger partial charge on any atom is -0.508 e. The lowest BCUT2D eigenvalue weighted by Gasteiger charge is -2.01. The van der Waals surface area contributed by atoms with E-state index in [1.165, 1.54) is 30.5 Å². The van der Waals surface area contributed by atoms with Crippen molar-refractivity contribution in [3.63, 3.8) is 0 Å². The molecule has 0 spiro atoms. The number of phenols is 3. The van der Waals surface area contributed by atoms with Crippen molar-refractivity contribution in [3.05, 3.63) is 53.5 Å². The lowest BCUT2D eigenvalue weighted by atomic mass is 10.2. The summed E-state index contributed by atoms with van der Waals surface area (Å²) < 4.78 is 1.66. The highest BCUT2D eigenvalue weighted by molar-refractivity contribution is 14.1. The Kier molecular flexibility index (Phi) is 6.26. The van der Waals surface area contributed by atoms with E-state index in [-0.39, 0.29) is 28.3 Å². The van der Waals surface area contributed by atoms with Crippen molar-refractivity contribution < 1.29 is 20.1 Å². The first-order chi connectivity index (χ1) is 12.8. The minimum atomic E-state index is -0.368. The summed E-state index contributed by atoms with van der Waals surface area (Å²) in [5.74, 6) is -0.453. The van der Waals surface area contributed by atoms with Gasteiger partial charge in [0.25, 0.3) is 5.91 Å². The van der Waals surface area contributed by atoms with Crippen molar-refractivity contribution in [1.29, 1.82) is 0 Å². The molecule has 3 rings (SSSR count). The number of amidine groups is 1. The molecule has 10 heteroatoms. The van der Waals surface area contributed by atoms with Gasteiger partial charge in [-0.2, -0.15) is 5.10 Å². The van der Waals surface area contributed by atoms with Crippen LogP contribution in [-0.4, -0.2) is 32.6 Å². The van der Waals surface area contributed by atoms with Crippen LogP contribution in [0.2, 0.25) is 0 Å². The quantitative estimate of drug-likeness (QED) is 0.185. The Morgan fingerprint density at radius 3 is 2.59 bits per heavy atom. The summed E-state index contributed by atoms with van der Waals surface area (Å²) in [5.41, 5.74) is 0.920. The third-order valence-electron chi connectivity index (χ3n) is 3.35. The number of rotatable bonds is 3. The average Bonchev–Trinajstić information content (AvgIpc) is 2.94. The van der Waals surface area contributed by atoms with Gasteiger partial charge in [-0.3, -0.25) is 10.1 Å². The van der Waals surface area contributed by atoms with Gasteiger partial charge < -0.3 is 15.3 Å². The van der Waals surface area contributed by atoms with E-state index in [1.807, 2.05) is 28.7 Å². The van der Waals surface area contributed by atoms with Crippen molar-refractivity contribution in [2.24, 2.45) is 10.2 Å². The molecule has 1 aliphatic heterocycles. The lowest BCUT2D eigenvalue weighted by molar-refractivity contribution is -0.115. The molecule has 0 atom stereocenters. The van der Waals surface area contributed by atoms with Crippen LogP contribution >= 0.6 is 56.9 Å². The number of hydrogen-bond donors (Lipinski definition) is 4. The largest absolute Gasteiger partial charge is 0.508 e. The smallest absolute Gasteiger partial charge is 0.264 e. The molecule has 0 aliphatic carbocycles. The number of carbonyl (C=O) groups is 1. The van der Waals surface area contributed by atoms with Gasteiger partial charge in [-0.15, -0.1) is 5.10 Å². The second-order valence-corrected chi connectivity index (χ2v) is 8.72. The molecule has 2 aromatic rings. The molecule has 0 aromatic heterocycles. The molecule has 0 bridgehead atoms. The standard InChI is InChI=1S/C17H11I2N3O4S/c18-10-3-9(15(25)12(19)5-10)7-20-22-17-21-16(26)14(27-17)4-8-1-2-11(23)6-13(8)24/h1-7,23-25H,(H,21,22,26)/b14-4-,20-7?. The number of nitrogens with one attached hydrogen (secondary N) is 1. The van der Waals surface area contributed by atoms with Crippen molar-refractivity contribution in [3.8, 4) is 17.2 Å². The van der Waals surface area contributed by atoms with Gasteiger partial charge in [-0.1, -0.05) is 0 Å². The third-order valence-corrected chi connectivity index (χ3v) is 5.70. The van der Waals surface area contributed by atoms with E-state index in [1.54, 1.807) is 6.07 Å². The summed E-state index contributed by atoms with van der Waals surface area (Å²) in [6.45, 7) is 0. The maximum absolute atomic E-state index is 12.0. The van der Waals surface area contributed by atoms with Crippen LogP contribution in [0.25, 0.3) is 6.08 Å². The molecule has 4 N–H and O–H groups in total. The summed E-state index contributed by atoms with van der Waals surface area (Å²) >= 11 is 5.24. The maximum Gasteiger partial charge on any atom is 0.264 e. The highest BCUT2D eigenvalue weighted by Crippen LogP contribution is 2.30. The Bertz CT molecular complexity index is 1020. The van der Waals surface area contributed by atoms with Crippen LogP contribution < -0.4 is 5.32 Å². The van der Waals surface area contributed by atoms with Gasteiger partial charge in [0.2, 0.25) is 0 Å². The molecule has 1 amide bonds. The molecule has 0 saturated carbocycles. The fraction of sp³-hybridized carbons (Fsp3) is 0. The molecule has 27 heavy (non-hydrogen) atoms. The van der Waals surface area contributed by atoms with Crippen LogP contribution in [0.3, 0.4) is 0 Å². The van der Waals surface area contributed by atoms with Crippen LogP contribution in [0.4, 0.5) is 0 Å². The average molecular weight is 607 g/mol. The molecular formula is C17H11I2N3O4S. The molecule has 1 fully saturated rings. The highest BCUT2D eigenvalue weighted by Gasteiger charge is 2.24. The number of nitrogens with zero attached hydrogens (tertiary/aromatic N) is 2. The third kappa shape index (κ3) is 4.93. The summed E-state index contributed by atoms with van der Waals surface area (Å²) in [4.78, 5) is 12.4. The van der Waals surface area contributed by atoms with Crippen LogP contribution in [0, 0.1) is 7.14 Å².